The molecule has 12 rings (SSSR count). The maximum atomic E-state index is 6.71. The molecule has 0 saturated carbocycles. The molecule has 0 bridgehead atoms. The zero-order valence-corrected chi connectivity index (χ0v) is 30.7. The molecule has 57 heavy (non-hydrogen) atoms. The van der Waals surface area contributed by atoms with Gasteiger partial charge in [0.2, 0.25) is 0 Å². The van der Waals surface area contributed by atoms with Crippen molar-refractivity contribution in [1.82, 2.24) is 19.1 Å². The standard InChI is InChI=1S/C52H32N4O/c1-3-14-33(15-4-1)34-26-28-36(29-27-34)52-53-43(35-16-5-2-6-17-35)32-48(54-52)56-45-23-11-8-19-38(45)41-31-30-40-37-18-7-10-22-44(37)55(49(40)50(41)56)46-24-13-21-42-39-20-9-12-25-47(39)57-51(42)46/h1-32H. The monoisotopic (exact) mass is 728 g/mol. The average molecular weight is 729 g/mol. The zero-order chi connectivity index (χ0) is 37.5. The van der Waals surface area contributed by atoms with Crippen LogP contribution in [0.2, 0.25) is 0 Å². The maximum Gasteiger partial charge on any atom is 0.162 e. The Hall–Kier alpha value is -7.76. The molecule has 0 N–H and O–H groups in total. The van der Waals surface area contributed by atoms with Crippen molar-refractivity contribution in [3.8, 4) is 45.3 Å². The number of aromatic nitrogens is 4. The summed E-state index contributed by atoms with van der Waals surface area (Å²) in [5.74, 6) is 1.46. The second-order valence-corrected chi connectivity index (χ2v) is 14.6. The van der Waals surface area contributed by atoms with Crippen LogP contribution < -0.4 is 0 Å². The molecular weight excluding hydrogens is 697 g/mol. The molecular formula is C52H32N4O. The molecule has 8 aromatic carbocycles. The predicted molar refractivity (Wildman–Crippen MR) is 234 cm³/mol. The van der Waals surface area contributed by atoms with E-state index in [0.717, 1.165) is 94.1 Å². The van der Waals surface area contributed by atoms with E-state index in [0.29, 0.717) is 5.82 Å². The van der Waals surface area contributed by atoms with E-state index in [9.17, 15) is 0 Å². The van der Waals surface area contributed by atoms with Gasteiger partial charge in [-0.15, -0.1) is 0 Å². The molecule has 0 aliphatic heterocycles. The van der Waals surface area contributed by atoms with E-state index in [2.05, 4.69) is 179 Å². The molecule has 0 radical (unpaired) electrons. The number of fused-ring (bicyclic) bond motifs is 10. The van der Waals surface area contributed by atoms with Crippen molar-refractivity contribution >= 4 is 65.6 Å². The normalized spacial score (nSPS) is 11.9. The fraction of sp³-hybridized carbons (Fsp3) is 0. The largest absolute Gasteiger partial charge is 0.454 e. The minimum Gasteiger partial charge on any atom is -0.454 e. The Morgan fingerprint density at radius 2 is 0.912 bits per heavy atom. The number of furan rings is 1. The third-order valence-electron chi connectivity index (χ3n) is 11.4. The van der Waals surface area contributed by atoms with Crippen molar-refractivity contribution in [3.63, 3.8) is 0 Å². The van der Waals surface area contributed by atoms with Crippen molar-refractivity contribution in [2.45, 2.75) is 0 Å². The van der Waals surface area contributed by atoms with Crippen molar-refractivity contribution in [3.05, 3.63) is 194 Å². The molecule has 5 heteroatoms. The highest BCUT2D eigenvalue weighted by Crippen LogP contribution is 2.44. The molecule has 0 saturated heterocycles. The summed E-state index contributed by atoms with van der Waals surface area (Å²) in [5.41, 5.74) is 12.2. The molecule has 266 valence electrons. The quantitative estimate of drug-likeness (QED) is 0.177. The van der Waals surface area contributed by atoms with E-state index in [-0.39, 0.29) is 0 Å². The lowest BCUT2D eigenvalue weighted by Gasteiger charge is -2.14. The van der Waals surface area contributed by atoms with Crippen LogP contribution in [0, 0.1) is 0 Å². The van der Waals surface area contributed by atoms with Gasteiger partial charge in [0.25, 0.3) is 0 Å². The Morgan fingerprint density at radius 1 is 0.368 bits per heavy atom. The molecule has 0 unspecified atom stereocenters. The van der Waals surface area contributed by atoms with Crippen LogP contribution in [0.3, 0.4) is 0 Å². The average Bonchev–Trinajstić information content (AvgIpc) is 3.95. The van der Waals surface area contributed by atoms with Crippen molar-refractivity contribution in [2.75, 3.05) is 0 Å². The van der Waals surface area contributed by atoms with Crippen LogP contribution in [-0.4, -0.2) is 19.1 Å². The minimum atomic E-state index is 0.664. The number of para-hydroxylation sites is 4. The Kier molecular flexibility index (Phi) is 6.86. The Morgan fingerprint density at radius 3 is 1.63 bits per heavy atom. The third kappa shape index (κ3) is 4.82. The van der Waals surface area contributed by atoms with Crippen LogP contribution in [0.4, 0.5) is 0 Å². The van der Waals surface area contributed by atoms with E-state index in [1.165, 1.54) is 10.9 Å². The maximum absolute atomic E-state index is 6.71. The van der Waals surface area contributed by atoms with E-state index < -0.39 is 0 Å². The van der Waals surface area contributed by atoms with Crippen molar-refractivity contribution in [2.24, 2.45) is 0 Å². The lowest BCUT2D eigenvalue weighted by molar-refractivity contribution is 0.666. The van der Waals surface area contributed by atoms with Crippen molar-refractivity contribution < 1.29 is 4.42 Å². The van der Waals surface area contributed by atoms with Gasteiger partial charge in [0.05, 0.1) is 33.4 Å². The number of hydrogen-bond acceptors (Lipinski definition) is 3. The van der Waals surface area contributed by atoms with Gasteiger partial charge >= 0.3 is 0 Å². The minimum absolute atomic E-state index is 0.664. The van der Waals surface area contributed by atoms with Gasteiger partial charge in [0.1, 0.15) is 11.4 Å². The van der Waals surface area contributed by atoms with Gasteiger partial charge in [-0.05, 0) is 35.4 Å². The van der Waals surface area contributed by atoms with Gasteiger partial charge in [-0.1, -0.05) is 164 Å². The summed E-state index contributed by atoms with van der Waals surface area (Å²) in [4.78, 5) is 10.7. The van der Waals surface area contributed by atoms with E-state index >= 15 is 0 Å². The fourth-order valence-electron chi connectivity index (χ4n) is 8.77. The van der Waals surface area contributed by atoms with Gasteiger partial charge in [-0.2, -0.15) is 0 Å². The molecule has 5 nitrogen and oxygen atoms in total. The van der Waals surface area contributed by atoms with Gasteiger partial charge < -0.3 is 8.98 Å². The first-order valence-corrected chi connectivity index (χ1v) is 19.3. The van der Waals surface area contributed by atoms with Gasteiger partial charge in [-0.25, -0.2) is 9.97 Å². The number of benzene rings is 8. The molecule has 0 aliphatic rings. The summed E-state index contributed by atoms with van der Waals surface area (Å²) in [6, 6.07) is 68.2. The highest BCUT2D eigenvalue weighted by Gasteiger charge is 2.24. The Bertz CT molecular complexity index is 3500. The summed E-state index contributed by atoms with van der Waals surface area (Å²) in [5, 5.41) is 6.82. The first-order chi connectivity index (χ1) is 28.3. The van der Waals surface area contributed by atoms with Crippen LogP contribution in [0.25, 0.3) is 111 Å². The lowest BCUT2D eigenvalue weighted by atomic mass is 10.0. The van der Waals surface area contributed by atoms with Crippen LogP contribution in [0.1, 0.15) is 0 Å². The fourth-order valence-corrected chi connectivity index (χ4v) is 8.77. The molecule has 0 fully saturated rings. The van der Waals surface area contributed by atoms with E-state index in [4.69, 9.17) is 14.4 Å². The van der Waals surface area contributed by atoms with Crippen LogP contribution in [0.5, 0.6) is 0 Å². The smallest absolute Gasteiger partial charge is 0.162 e. The molecule has 0 aliphatic carbocycles. The second-order valence-electron chi connectivity index (χ2n) is 14.6. The summed E-state index contributed by atoms with van der Waals surface area (Å²) >= 11 is 0. The third-order valence-corrected chi connectivity index (χ3v) is 11.4. The topological polar surface area (TPSA) is 48.8 Å². The summed E-state index contributed by atoms with van der Waals surface area (Å²) in [7, 11) is 0. The highest BCUT2D eigenvalue weighted by atomic mass is 16.3. The Balaban J connectivity index is 1.19. The summed E-state index contributed by atoms with van der Waals surface area (Å²) in [6.45, 7) is 0. The SMILES string of the molecule is c1ccc(-c2ccc(-c3nc(-c4ccccc4)cc(-n4c5ccccc5c5ccc6c7ccccc7n(-c7cccc8c7oc7ccccc78)c6c54)n3)cc2)cc1. The molecule has 0 atom stereocenters. The summed E-state index contributed by atoms with van der Waals surface area (Å²) < 4.78 is 11.5. The molecule has 0 amide bonds. The van der Waals surface area contributed by atoms with E-state index in [1.54, 1.807) is 0 Å². The lowest BCUT2D eigenvalue weighted by Crippen LogP contribution is -2.04. The van der Waals surface area contributed by atoms with Crippen LogP contribution >= 0.6 is 0 Å². The molecule has 4 heterocycles. The highest BCUT2D eigenvalue weighted by molar-refractivity contribution is 6.24. The molecule has 4 aromatic heterocycles. The number of nitrogens with zero attached hydrogens (tertiary/aromatic N) is 4. The number of hydrogen-bond donors (Lipinski definition) is 0. The van der Waals surface area contributed by atoms with E-state index in [1.807, 2.05) is 24.3 Å². The predicted octanol–water partition coefficient (Wildman–Crippen LogP) is 13.6. The van der Waals surface area contributed by atoms with Gasteiger partial charge in [0, 0.05) is 49.5 Å². The first-order valence-electron chi connectivity index (χ1n) is 19.3. The second kappa shape index (κ2) is 12.4. The zero-order valence-electron chi connectivity index (χ0n) is 30.7. The molecule has 12 aromatic rings. The Labute approximate surface area is 327 Å². The van der Waals surface area contributed by atoms with Gasteiger partial charge in [-0.3, -0.25) is 4.57 Å². The van der Waals surface area contributed by atoms with Crippen LogP contribution in [0.15, 0.2) is 199 Å². The number of rotatable bonds is 5. The first kappa shape index (κ1) is 31.6. The summed E-state index contributed by atoms with van der Waals surface area (Å²) in [6.07, 6.45) is 0. The molecule has 0 spiro atoms. The van der Waals surface area contributed by atoms with Gasteiger partial charge in [0.15, 0.2) is 11.4 Å². The van der Waals surface area contributed by atoms with Crippen LogP contribution in [-0.2, 0) is 0 Å². The van der Waals surface area contributed by atoms with Crippen molar-refractivity contribution in [1.29, 1.82) is 0 Å².